The van der Waals surface area contributed by atoms with E-state index in [9.17, 15) is 4.79 Å². The van der Waals surface area contributed by atoms with Crippen molar-refractivity contribution in [2.45, 2.75) is 6.42 Å². The Morgan fingerprint density at radius 2 is 2.35 bits per heavy atom. The normalized spacial score (nSPS) is 10.1. The summed E-state index contributed by atoms with van der Waals surface area (Å²) in [7, 11) is 0. The molecule has 0 bridgehead atoms. The molecule has 0 radical (unpaired) electrons. The molecule has 94 valence electrons. The Balaban J connectivity index is 2.59. The highest BCUT2D eigenvalue weighted by Gasteiger charge is 2.08. The first kappa shape index (κ1) is 14.1. The zero-order valence-electron chi connectivity index (χ0n) is 9.50. The minimum absolute atomic E-state index is 0.174. The molecule has 0 atom stereocenters. The van der Waals surface area contributed by atoms with Crippen LogP contribution < -0.4 is 16.6 Å². The van der Waals surface area contributed by atoms with Crippen LogP contribution in [0.4, 0.5) is 5.82 Å². The third-order valence-electron chi connectivity index (χ3n) is 2.01. The zero-order chi connectivity index (χ0) is 12.7. The minimum Gasteiger partial charge on any atom is -0.352 e. The third kappa shape index (κ3) is 4.80. The van der Waals surface area contributed by atoms with Gasteiger partial charge in [0.1, 0.15) is 11.0 Å². The fourth-order valence-corrected chi connectivity index (χ4v) is 1.86. The topological polar surface area (TPSA) is 80.0 Å². The van der Waals surface area contributed by atoms with Crippen molar-refractivity contribution in [2.24, 2.45) is 5.84 Å². The Hall–Kier alpha value is -0.980. The number of nitrogens with zero attached hydrogens (tertiary/aromatic N) is 1. The van der Waals surface area contributed by atoms with Gasteiger partial charge in [0.25, 0.3) is 5.91 Å². The zero-order valence-corrected chi connectivity index (χ0v) is 11.1. The number of nitrogens with two attached hydrogens (primary N) is 1. The number of anilines is 1. The number of thioether (sulfide) groups is 1. The molecule has 0 saturated heterocycles. The summed E-state index contributed by atoms with van der Waals surface area (Å²) in [5.41, 5.74) is 2.81. The number of nitrogen functional groups attached to an aromatic ring is 1. The molecule has 0 fully saturated rings. The van der Waals surface area contributed by atoms with Gasteiger partial charge in [0.2, 0.25) is 0 Å². The van der Waals surface area contributed by atoms with Gasteiger partial charge in [0.05, 0.1) is 0 Å². The van der Waals surface area contributed by atoms with Gasteiger partial charge < -0.3 is 10.7 Å². The van der Waals surface area contributed by atoms with E-state index in [1.165, 1.54) is 6.07 Å². The maximum atomic E-state index is 11.8. The molecule has 0 unspecified atom stereocenters. The predicted molar refractivity (Wildman–Crippen MR) is 72.4 cm³/mol. The van der Waals surface area contributed by atoms with E-state index in [0.717, 1.165) is 12.2 Å². The number of nitrogens with one attached hydrogen (secondary N) is 2. The van der Waals surface area contributed by atoms with Crippen LogP contribution in [0.5, 0.6) is 0 Å². The van der Waals surface area contributed by atoms with Gasteiger partial charge in [0, 0.05) is 12.1 Å². The van der Waals surface area contributed by atoms with E-state index in [1.807, 2.05) is 6.26 Å². The van der Waals surface area contributed by atoms with Crippen molar-refractivity contribution in [3.8, 4) is 0 Å². The maximum Gasteiger partial charge on any atom is 0.251 e. The fraction of sp³-hybridized carbons (Fsp3) is 0.400. The molecule has 17 heavy (non-hydrogen) atoms. The van der Waals surface area contributed by atoms with Crippen molar-refractivity contribution in [1.29, 1.82) is 0 Å². The molecule has 1 aromatic heterocycles. The van der Waals surface area contributed by atoms with E-state index >= 15 is 0 Å². The predicted octanol–water partition coefficient (Wildman–Crippen LogP) is 1.50. The number of halogens is 1. The van der Waals surface area contributed by atoms with Crippen LogP contribution in [-0.4, -0.2) is 29.4 Å². The molecule has 1 amide bonds. The summed E-state index contributed by atoms with van der Waals surface area (Å²) < 4.78 is 0. The minimum atomic E-state index is -0.174. The molecule has 0 aromatic carbocycles. The summed E-state index contributed by atoms with van der Waals surface area (Å²) in [6.07, 6.45) is 2.97. The van der Waals surface area contributed by atoms with Gasteiger partial charge in [-0.3, -0.25) is 4.79 Å². The highest BCUT2D eigenvalue weighted by molar-refractivity contribution is 7.98. The first-order valence-electron chi connectivity index (χ1n) is 5.08. The second-order valence-corrected chi connectivity index (χ2v) is 4.68. The molecule has 5 nitrogen and oxygen atoms in total. The molecule has 0 aliphatic rings. The molecular weight excluding hydrogens is 260 g/mol. The summed E-state index contributed by atoms with van der Waals surface area (Å²) >= 11 is 7.52. The second-order valence-electron chi connectivity index (χ2n) is 3.31. The van der Waals surface area contributed by atoms with E-state index in [2.05, 4.69) is 15.7 Å². The van der Waals surface area contributed by atoms with Gasteiger partial charge in [0.15, 0.2) is 0 Å². The van der Waals surface area contributed by atoms with Crippen LogP contribution in [0.25, 0.3) is 0 Å². The smallest absolute Gasteiger partial charge is 0.251 e. The van der Waals surface area contributed by atoms with Crippen LogP contribution in [0, 0.1) is 0 Å². The number of hydrogen-bond acceptors (Lipinski definition) is 5. The van der Waals surface area contributed by atoms with Gasteiger partial charge in [-0.25, -0.2) is 10.8 Å². The lowest BCUT2D eigenvalue weighted by atomic mass is 10.2. The standard InChI is InChI=1S/C10H15ClN4OS/c1-17-4-2-3-13-10(16)7-5-8(11)14-9(6-7)15-12/h5-6H,2-4,12H2,1H3,(H,13,16)(H,14,15). The summed E-state index contributed by atoms with van der Waals surface area (Å²) in [5, 5.41) is 3.04. The van der Waals surface area contributed by atoms with Crippen LogP contribution in [0.15, 0.2) is 12.1 Å². The highest BCUT2D eigenvalue weighted by atomic mass is 35.5. The summed E-state index contributed by atoms with van der Waals surface area (Å²) in [6, 6.07) is 3.06. The summed E-state index contributed by atoms with van der Waals surface area (Å²) in [5.74, 6) is 6.44. The van der Waals surface area contributed by atoms with Gasteiger partial charge in [-0.05, 0) is 30.6 Å². The van der Waals surface area contributed by atoms with E-state index in [0.29, 0.717) is 17.9 Å². The molecule has 0 saturated carbocycles. The lowest BCUT2D eigenvalue weighted by Gasteiger charge is -2.06. The Bertz CT molecular complexity index is 389. The van der Waals surface area contributed by atoms with Crippen molar-refractivity contribution < 1.29 is 4.79 Å². The Morgan fingerprint density at radius 3 is 3.00 bits per heavy atom. The molecule has 0 spiro atoms. The van der Waals surface area contributed by atoms with Gasteiger partial charge in [-0.15, -0.1) is 0 Å². The lowest BCUT2D eigenvalue weighted by molar-refractivity contribution is 0.0953. The monoisotopic (exact) mass is 274 g/mol. The largest absolute Gasteiger partial charge is 0.352 e. The quantitative estimate of drug-likeness (QED) is 0.317. The highest BCUT2D eigenvalue weighted by Crippen LogP contribution is 2.13. The average Bonchev–Trinajstić information content (AvgIpc) is 2.33. The van der Waals surface area contributed by atoms with Crippen LogP contribution in [-0.2, 0) is 0 Å². The van der Waals surface area contributed by atoms with Crippen LogP contribution in [0.2, 0.25) is 5.15 Å². The number of pyridine rings is 1. The number of amides is 1. The number of carbonyl (C=O) groups is 1. The van der Waals surface area contributed by atoms with Crippen molar-refractivity contribution in [3.63, 3.8) is 0 Å². The van der Waals surface area contributed by atoms with E-state index in [4.69, 9.17) is 17.4 Å². The molecule has 0 aliphatic heterocycles. The summed E-state index contributed by atoms with van der Waals surface area (Å²) in [6.45, 7) is 0.644. The maximum absolute atomic E-state index is 11.8. The van der Waals surface area contributed by atoms with Crippen molar-refractivity contribution in [3.05, 3.63) is 22.8 Å². The van der Waals surface area contributed by atoms with Crippen LogP contribution >= 0.6 is 23.4 Å². The molecule has 7 heteroatoms. The Kier molecular flexibility index (Phi) is 6.10. The van der Waals surface area contributed by atoms with Crippen LogP contribution in [0.1, 0.15) is 16.8 Å². The summed E-state index contributed by atoms with van der Waals surface area (Å²) in [4.78, 5) is 15.6. The number of hydrogen-bond donors (Lipinski definition) is 3. The SMILES string of the molecule is CSCCCNC(=O)c1cc(Cl)nc(NN)c1. The Labute approximate surface area is 109 Å². The number of hydrazine groups is 1. The number of carbonyl (C=O) groups excluding carboxylic acids is 1. The van der Waals surface area contributed by atoms with Crippen molar-refractivity contribution in [1.82, 2.24) is 10.3 Å². The number of rotatable bonds is 6. The van der Waals surface area contributed by atoms with Gasteiger partial charge >= 0.3 is 0 Å². The Morgan fingerprint density at radius 1 is 1.59 bits per heavy atom. The van der Waals surface area contributed by atoms with Gasteiger partial charge in [-0.1, -0.05) is 11.6 Å². The second kappa shape index (κ2) is 7.37. The first-order valence-corrected chi connectivity index (χ1v) is 6.86. The molecular formula is C10H15ClN4OS. The third-order valence-corrected chi connectivity index (χ3v) is 2.91. The van der Waals surface area contributed by atoms with E-state index in [-0.39, 0.29) is 11.1 Å². The fourth-order valence-electron chi connectivity index (χ4n) is 1.22. The van der Waals surface area contributed by atoms with E-state index in [1.54, 1.807) is 17.8 Å². The van der Waals surface area contributed by atoms with E-state index < -0.39 is 0 Å². The number of aromatic nitrogens is 1. The van der Waals surface area contributed by atoms with Crippen molar-refractivity contribution in [2.75, 3.05) is 24.0 Å². The molecule has 4 N–H and O–H groups in total. The van der Waals surface area contributed by atoms with Gasteiger partial charge in [-0.2, -0.15) is 11.8 Å². The first-order chi connectivity index (χ1) is 8.17. The molecule has 0 aliphatic carbocycles. The molecule has 1 rings (SSSR count). The molecule has 1 heterocycles. The average molecular weight is 275 g/mol. The van der Waals surface area contributed by atoms with Crippen LogP contribution in [0.3, 0.4) is 0 Å². The molecule has 1 aromatic rings. The van der Waals surface area contributed by atoms with Crippen molar-refractivity contribution >= 4 is 35.1 Å². The lowest BCUT2D eigenvalue weighted by Crippen LogP contribution is -2.25.